The van der Waals surface area contributed by atoms with Crippen LogP contribution in [0.25, 0.3) is 22.2 Å². The summed E-state index contributed by atoms with van der Waals surface area (Å²) < 4.78 is 5.22. The van der Waals surface area contributed by atoms with Crippen molar-refractivity contribution in [1.82, 2.24) is 4.98 Å². The van der Waals surface area contributed by atoms with Gasteiger partial charge in [0.05, 0.1) is 23.3 Å². The highest BCUT2D eigenvalue weighted by molar-refractivity contribution is 7.14. The van der Waals surface area contributed by atoms with Crippen molar-refractivity contribution in [2.75, 3.05) is 12.4 Å². The zero-order valence-corrected chi connectivity index (χ0v) is 14.6. The molecule has 0 aliphatic carbocycles. The molecule has 120 valence electrons. The Hall–Kier alpha value is -1.98. The Balaban J connectivity index is 2.13. The molecule has 0 aliphatic heterocycles. The van der Waals surface area contributed by atoms with Gasteiger partial charge in [0.25, 0.3) is 0 Å². The predicted molar refractivity (Wildman–Crippen MR) is 98.2 cm³/mol. The molecule has 4 nitrogen and oxygen atoms in total. The predicted octanol–water partition coefficient (Wildman–Crippen LogP) is 4.74. The maximum absolute atomic E-state index is 12.4. The second-order valence-electron chi connectivity index (χ2n) is 5.55. The van der Waals surface area contributed by atoms with Crippen molar-refractivity contribution in [2.45, 2.75) is 19.9 Å². The van der Waals surface area contributed by atoms with Crippen LogP contribution in [0.5, 0.6) is 5.75 Å². The molecular formula is C17H17ClN2O2S. The van der Waals surface area contributed by atoms with Crippen LogP contribution in [0.2, 0.25) is 5.02 Å². The molecule has 2 N–H and O–H groups in total. The molecule has 0 saturated heterocycles. The smallest absolute Gasteiger partial charge is 0.190 e. The third-order valence-corrected chi connectivity index (χ3v) is 4.71. The fourth-order valence-corrected chi connectivity index (χ4v) is 3.65. The summed E-state index contributed by atoms with van der Waals surface area (Å²) in [6, 6.07) is 7.41. The molecule has 0 bridgehead atoms. The molecule has 0 spiro atoms. The van der Waals surface area contributed by atoms with Gasteiger partial charge < -0.3 is 15.0 Å². The van der Waals surface area contributed by atoms with Crippen LogP contribution >= 0.6 is 22.9 Å². The van der Waals surface area contributed by atoms with Gasteiger partial charge in [-0.1, -0.05) is 11.6 Å². The third kappa shape index (κ3) is 3.07. The average Bonchev–Trinajstić information content (AvgIpc) is 2.96. The summed E-state index contributed by atoms with van der Waals surface area (Å²) in [7, 11) is 1.55. The second kappa shape index (κ2) is 6.26. The number of benzene rings is 1. The minimum absolute atomic E-state index is 0.0668. The molecule has 0 fully saturated rings. The van der Waals surface area contributed by atoms with Crippen molar-refractivity contribution in [2.24, 2.45) is 0 Å². The number of H-pyrrole nitrogens is 1. The van der Waals surface area contributed by atoms with Gasteiger partial charge in [-0.25, -0.2) is 0 Å². The van der Waals surface area contributed by atoms with Gasteiger partial charge in [-0.05, 0) is 32.0 Å². The number of hydrogen-bond donors (Lipinski definition) is 2. The van der Waals surface area contributed by atoms with Crippen LogP contribution in [-0.4, -0.2) is 18.1 Å². The average molecular weight is 349 g/mol. The van der Waals surface area contributed by atoms with Crippen LogP contribution in [0.4, 0.5) is 5.00 Å². The topological polar surface area (TPSA) is 54.1 Å². The lowest BCUT2D eigenvalue weighted by Gasteiger charge is -2.08. The molecule has 0 amide bonds. The van der Waals surface area contributed by atoms with Gasteiger partial charge in [0.15, 0.2) is 5.43 Å². The van der Waals surface area contributed by atoms with Gasteiger partial charge in [-0.3, -0.25) is 4.79 Å². The molecule has 3 rings (SSSR count). The molecule has 2 aromatic heterocycles. The number of aromatic nitrogens is 1. The number of anilines is 1. The van der Waals surface area contributed by atoms with E-state index in [9.17, 15) is 4.79 Å². The van der Waals surface area contributed by atoms with Crippen molar-refractivity contribution in [3.8, 4) is 17.0 Å². The van der Waals surface area contributed by atoms with E-state index < -0.39 is 0 Å². The summed E-state index contributed by atoms with van der Waals surface area (Å²) in [5, 5.41) is 7.40. The van der Waals surface area contributed by atoms with Crippen molar-refractivity contribution < 1.29 is 4.74 Å². The second-order valence-corrected chi connectivity index (χ2v) is 6.84. The summed E-state index contributed by atoms with van der Waals surface area (Å²) in [5.41, 5.74) is 2.22. The lowest BCUT2D eigenvalue weighted by molar-refractivity contribution is 0.415. The minimum Gasteiger partial charge on any atom is -0.495 e. The SMILES string of the molecule is COc1ccc2c(=O)cc(-c3csc(NC(C)C)c3)[nH]c2c1Cl. The maximum atomic E-state index is 12.4. The summed E-state index contributed by atoms with van der Waals surface area (Å²) in [6.45, 7) is 4.17. The van der Waals surface area contributed by atoms with Crippen LogP contribution < -0.4 is 15.5 Å². The van der Waals surface area contributed by atoms with Crippen LogP contribution in [0.15, 0.2) is 34.4 Å². The zero-order valence-electron chi connectivity index (χ0n) is 13.1. The largest absolute Gasteiger partial charge is 0.495 e. The molecule has 1 aromatic carbocycles. The van der Waals surface area contributed by atoms with Gasteiger partial charge in [0.2, 0.25) is 0 Å². The number of halogens is 1. The lowest BCUT2D eigenvalue weighted by atomic mass is 10.1. The van der Waals surface area contributed by atoms with Crippen LogP contribution in [-0.2, 0) is 0 Å². The Morgan fingerprint density at radius 1 is 1.30 bits per heavy atom. The summed E-state index contributed by atoms with van der Waals surface area (Å²) in [6.07, 6.45) is 0. The van der Waals surface area contributed by atoms with Gasteiger partial charge in [-0.15, -0.1) is 11.3 Å². The highest BCUT2D eigenvalue weighted by Gasteiger charge is 2.12. The molecule has 0 saturated carbocycles. The molecule has 23 heavy (non-hydrogen) atoms. The molecule has 0 radical (unpaired) electrons. The normalized spacial score (nSPS) is 11.2. The molecular weight excluding hydrogens is 332 g/mol. The Bertz CT molecular complexity index is 915. The highest BCUT2D eigenvalue weighted by atomic mass is 35.5. The van der Waals surface area contributed by atoms with Gasteiger partial charge in [-0.2, -0.15) is 0 Å². The summed E-state index contributed by atoms with van der Waals surface area (Å²) >= 11 is 7.95. The van der Waals surface area contributed by atoms with Crippen molar-refractivity contribution in [3.63, 3.8) is 0 Å². The number of aromatic amines is 1. The van der Waals surface area contributed by atoms with E-state index in [1.807, 2.05) is 11.4 Å². The number of fused-ring (bicyclic) bond motifs is 1. The van der Waals surface area contributed by atoms with E-state index in [0.29, 0.717) is 27.7 Å². The first-order chi connectivity index (χ1) is 11.0. The quantitative estimate of drug-likeness (QED) is 0.716. The third-order valence-electron chi connectivity index (χ3n) is 3.47. The number of thiophene rings is 1. The molecule has 3 aromatic rings. The molecule has 6 heteroatoms. The first kappa shape index (κ1) is 15.9. The van der Waals surface area contributed by atoms with E-state index >= 15 is 0 Å². The Labute approximate surface area is 143 Å². The lowest BCUT2D eigenvalue weighted by Crippen LogP contribution is -2.07. The minimum atomic E-state index is -0.0668. The fourth-order valence-electron chi connectivity index (χ4n) is 2.41. The van der Waals surface area contributed by atoms with Gasteiger partial charge in [0, 0.05) is 28.4 Å². The maximum Gasteiger partial charge on any atom is 0.190 e. The summed E-state index contributed by atoms with van der Waals surface area (Å²) in [4.78, 5) is 15.6. The van der Waals surface area contributed by atoms with E-state index in [1.165, 1.54) is 0 Å². The van der Waals surface area contributed by atoms with Crippen LogP contribution in [0.3, 0.4) is 0 Å². The first-order valence-corrected chi connectivity index (χ1v) is 8.50. The zero-order chi connectivity index (χ0) is 16.6. The number of nitrogens with one attached hydrogen (secondary N) is 2. The highest BCUT2D eigenvalue weighted by Crippen LogP contribution is 2.33. The van der Waals surface area contributed by atoms with Crippen molar-refractivity contribution in [3.05, 3.63) is 44.9 Å². The van der Waals surface area contributed by atoms with E-state index in [1.54, 1.807) is 36.6 Å². The Morgan fingerprint density at radius 2 is 2.09 bits per heavy atom. The van der Waals surface area contributed by atoms with E-state index in [-0.39, 0.29) is 5.43 Å². The van der Waals surface area contributed by atoms with Crippen molar-refractivity contribution in [1.29, 1.82) is 0 Å². The number of rotatable bonds is 4. The Morgan fingerprint density at radius 3 is 2.78 bits per heavy atom. The van der Waals surface area contributed by atoms with Crippen LogP contribution in [0, 0.1) is 0 Å². The molecule has 2 heterocycles. The van der Waals surface area contributed by atoms with E-state index in [0.717, 1.165) is 16.3 Å². The molecule has 0 unspecified atom stereocenters. The summed E-state index contributed by atoms with van der Waals surface area (Å²) in [5.74, 6) is 0.541. The number of ether oxygens (including phenoxy) is 1. The first-order valence-electron chi connectivity index (χ1n) is 7.24. The number of pyridine rings is 1. The number of hydrogen-bond acceptors (Lipinski definition) is 4. The number of methoxy groups -OCH3 is 1. The standard InChI is InChI=1S/C17H17ClN2O2S/c1-9(2)19-15-6-10(8-23-15)12-7-13(21)11-4-5-14(22-3)16(18)17(11)20-12/h4-9,19H,1-3H3,(H,20,21). The van der Waals surface area contributed by atoms with Gasteiger partial charge >= 0.3 is 0 Å². The molecule has 0 aliphatic rings. The monoisotopic (exact) mass is 348 g/mol. The molecule has 0 atom stereocenters. The fraction of sp³-hybridized carbons (Fsp3) is 0.235. The van der Waals surface area contributed by atoms with Gasteiger partial charge in [0.1, 0.15) is 10.8 Å². The van der Waals surface area contributed by atoms with Crippen molar-refractivity contribution >= 4 is 38.8 Å². The van der Waals surface area contributed by atoms with Crippen LogP contribution in [0.1, 0.15) is 13.8 Å². The van der Waals surface area contributed by atoms with E-state index in [2.05, 4.69) is 24.1 Å². The van der Waals surface area contributed by atoms with E-state index in [4.69, 9.17) is 16.3 Å². The Kier molecular flexibility index (Phi) is 4.33.